The van der Waals surface area contributed by atoms with E-state index in [-0.39, 0.29) is 6.10 Å². The fourth-order valence-corrected chi connectivity index (χ4v) is 1.19. The van der Waals surface area contributed by atoms with E-state index in [4.69, 9.17) is 4.74 Å². The van der Waals surface area contributed by atoms with Crippen LogP contribution in [-0.2, 0) is 6.42 Å². The number of rotatable bonds is 3. The lowest BCUT2D eigenvalue weighted by Gasteiger charge is -2.08. The van der Waals surface area contributed by atoms with Gasteiger partial charge in [-0.3, -0.25) is 0 Å². The second-order valence-corrected chi connectivity index (χ2v) is 2.86. The standard InChI is InChI=1S/C10H14O2/c1-8(11)7-9-5-3-4-6-10(9)12-2/h3-6,8,11H,7H2,1-2H3/t8-/m0/s1. The third-order valence-electron chi connectivity index (χ3n) is 1.71. The molecule has 0 amide bonds. The van der Waals surface area contributed by atoms with Crippen molar-refractivity contribution in [2.24, 2.45) is 0 Å². The first-order chi connectivity index (χ1) is 5.74. The van der Waals surface area contributed by atoms with Gasteiger partial charge in [0.25, 0.3) is 0 Å². The van der Waals surface area contributed by atoms with Crippen molar-refractivity contribution in [3.05, 3.63) is 29.8 Å². The molecule has 1 atom stereocenters. The second-order valence-electron chi connectivity index (χ2n) is 2.86. The van der Waals surface area contributed by atoms with Crippen molar-refractivity contribution >= 4 is 0 Å². The van der Waals surface area contributed by atoms with E-state index in [1.54, 1.807) is 14.0 Å². The largest absolute Gasteiger partial charge is 0.496 e. The molecule has 1 N–H and O–H groups in total. The molecule has 0 fully saturated rings. The summed E-state index contributed by atoms with van der Waals surface area (Å²) in [5.41, 5.74) is 1.05. The van der Waals surface area contributed by atoms with Crippen molar-refractivity contribution in [1.29, 1.82) is 0 Å². The maximum absolute atomic E-state index is 9.17. The molecule has 0 aliphatic heterocycles. The van der Waals surface area contributed by atoms with Gasteiger partial charge in [0.2, 0.25) is 0 Å². The van der Waals surface area contributed by atoms with E-state index in [9.17, 15) is 5.11 Å². The summed E-state index contributed by atoms with van der Waals surface area (Å²) in [5, 5.41) is 9.17. The minimum Gasteiger partial charge on any atom is -0.496 e. The molecule has 0 aliphatic carbocycles. The van der Waals surface area contributed by atoms with Gasteiger partial charge < -0.3 is 9.84 Å². The first kappa shape index (κ1) is 9.07. The Hall–Kier alpha value is -1.02. The lowest BCUT2D eigenvalue weighted by molar-refractivity contribution is 0.194. The number of aliphatic hydroxyl groups is 1. The summed E-state index contributed by atoms with van der Waals surface area (Å²) in [5.74, 6) is 0.846. The third kappa shape index (κ3) is 2.24. The van der Waals surface area contributed by atoms with Gasteiger partial charge in [-0.25, -0.2) is 0 Å². The molecule has 2 nitrogen and oxygen atoms in total. The van der Waals surface area contributed by atoms with Crippen LogP contribution in [0.15, 0.2) is 24.3 Å². The molecule has 1 rings (SSSR count). The quantitative estimate of drug-likeness (QED) is 0.739. The first-order valence-electron chi connectivity index (χ1n) is 4.04. The fraction of sp³-hybridized carbons (Fsp3) is 0.400. The van der Waals surface area contributed by atoms with E-state index in [1.165, 1.54) is 0 Å². The van der Waals surface area contributed by atoms with Crippen molar-refractivity contribution in [1.82, 2.24) is 0 Å². The molecule has 0 unspecified atom stereocenters. The zero-order chi connectivity index (χ0) is 8.97. The average molecular weight is 166 g/mol. The Morgan fingerprint density at radius 3 is 2.67 bits per heavy atom. The van der Waals surface area contributed by atoms with Crippen molar-refractivity contribution in [3.8, 4) is 5.75 Å². The molecule has 2 heteroatoms. The summed E-state index contributed by atoms with van der Waals surface area (Å²) in [7, 11) is 1.64. The van der Waals surface area contributed by atoms with Gasteiger partial charge in [-0.05, 0) is 18.6 Å². The lowest BCUT2D eigenvalue weighted by atomic mass is 10.1. The second kappa shape index (κ2) is 4.12. The monoisotopic (exact) mass is 166 g/mol. The zero-order valence-electron chi connectivity index (χ0n) is 7.45. The molecule has 0 aromatic heterocycles. The van der Waals surface area contributed by atoms with Gasteiger partial charge in [-0.15, -0.1) is 0 Å². The van der Waals surface area contributed by atoms with Gasteiger partial charge >= 0.3 is 0 Å². The van der Waals surface area contributed by atoms with Gasteiger partial charge in [0.1, 0.15) is 5.75 Å². The van der Waals surface area contributed by atoms with Crippen LogP contribution in [0.2, 0.25) is 0 Å². The van der Waals surface area contributed by atoms with Crippen LogP contribution in [-0.4, -0.2) is 18.3 Å². The normalized spacial score (nSPS) is 12.6. The highest BCUT2D eigenvalue weighted by atomic mass is 16.5. The Labute approximate surface area is 72.8 Å². The van der Waals surface area contributed by atoms with E-state index >= 15 is 0 Å². The highest BCUT2D eigenvalue weighted by molar-refractivity contribution is 5.33. The molecule has 0 radical (unpaired) electrons. The Bertz CT molecular complexity index is 243. The van der Waals surface area contributed by atoms with Crippen LogP contribution >= 0.6 is 0 Å². The summed E-state index contributed by atoms with van der Waals surface area (Å²) in [6.45, 7) is 1.77. The molecule has 12 heavy (non-hydrogen) atoms. The van der Waals surface area contributed by atoms with Crippen molar-refractivity contribution in [3.63, 3.8) is 0 Å². The maximum atomic E-state index is 9.17. The molecule has 0 saturated carbocycles. The molecule has 0 spiro atoms. The van der Waals surface area contributed by atoms with Crippen LogP contribution in [0, 0.1) is 0 Å². The van der Waals surface area contributed by atoms with Gasteiger partial charge in [0.15, 0.2) is 0 Å². The van der Waals surface area contributed by atoms with Crippen LogP contribution in [0.25, 0.3) is 0 Å². The van der Waals surface area contributed by atoms with E-state index < -0.39 is 0 Å². The molecule has 0 aliphatic rings. The van der Waals surface area contributed by atoms with Crippen molar-refractivity contribution < 1.29 is 9.84 Å². The molecular weight excluding hydrogens is 152 g/mol. The summed E-state index contributed by atoms with van der Waals surface area (Å²) < 4.78 is 5.14. The molecular formula is C10H14O2. The molecule has 0 saturated heterocycles. The number of benzene rings is 1. The Kier molecular flexibility index (Phi) is 3.11. The Balaban J connectivity index is 2.82. The fourth-order valence-electron chi connectivity index (χ4n) is 1.19. The van der Waals surface area contributed by atoms with E-state index in [0.717, 1.165) is 11.3 Å². The van der Waals surface area contributed by atoms with Crippen LogP contribution in [0.5, 0.6) is 5.75 Å². The van der Waals surface area contributed by atoms with E-state index in [2.05, 4.69) is 0 Å². The minimum atomic E-state index is -0.318. The Morgan fingerprint density at radius 1 is 1.42 bits per heavy atom. The van der Waals surface area contributed by atoms with Crippen LogP contribution in [0.3, 0.4) is 0 Å². The van der Waals surface area contributed by atoms with Crippen molar-refractivity contribution in [2.45, 2.75) is 19.4 Å². The number of ether oxygens (including phenoxy) is 1. The number of hydrogen-bond acceptors (Lipinski definition) is 2. The molecule has 0 bridgehead atoms. The highest BCUT2D eigenvalue weighted by Crippen LogP contribution is 2.18. The van der Waals surface area contributed by atoms with E-state index in [0.29, 0.717) is 6.42 Å². The van der Waals surface area contributed by atoms with Gasteiger partial charge in [-0.2, -0.15) is 0 Å². The SMILES string of the molecule is COc1ccccc1C[C@H](C)O. The molecule has 1 aromatic rings. The summed E-state index contributed by atoms with van der Waals surface area (Å²) in [6, 6.07) is 7.73. The van der Waals surface area contributed by atoms with E-state index in [1.807, 2.05) is 24.3 Å². The lowest BCUT2D eigenvalue weighted by Crippen LogP contribution is -2.05. The summed E-state index contributed by atoms with van der Waals surface area (Å²) >= 11 is 0. The number of aliphatic hydroxyl groups excluding tert-OH is 1. The predicted molar refractivity (Wildman–Crippen MR) is 48.4 cm³/mol. The first-order valence-corrected chi connectivity index (χ1v) is 4.04. The average Bonchev–Trinajstić information content (AvgIpc) is 2.04. The number of para-hydroxylation sites is 1. The topological polar surface area (TPSA) is 29.5 Å². The molecule has 66 valence electrons. The van der Waals surface area contributed by atoms with Gasteiger partial charge in [-0.1, -0.05) is 18.2 Å². The third-order valence-corrected chi connectivity index (χ3v) is 1.71. The highest BCUT2D eigenvalue weighted by Gasteiger charge is 2.03. The van der Waals surface area contributed by atoms with Crippen molar-refractivity contribution in [2.75, 3.05) is 7.11 Å². The molecule has 0 heterocycles. The summed E-state index contributed by atoms with van der Waals surface area (Å²) in [6.07, 6.45) is 0.325. The zero-order valence-corrected chi connectivity index (χ0v) is 7.45. The Morgan fingerprint density at radius 2 is 2.08 bits per heavy atom. The number of methoxy groups -OCH3 is 1. The predicted octanol–water partition coefficient (Wildman–Crippen LogP) is 1.62. The minimum absolute atomic E-state index is 0.318. The van der Waals surface area contributed by atoms with Gasteiger partial charge in [0.05, 0.1) is 13.2 Å². The maximum Gasteiger partial charge on any atom is 0.122 e. The smallest absolute Gasteiger partial charge is 0.122 e. The van der Waals surface area contributed by atoms with Crippen LogP contribution in [0.4, 0.5) is 0 Å². The summed E-state index contributed by atoms with van der Waals surface area (Å²) in [4.78, 5) is 0. The van der Waals surface area contributed by atoms with Gasteiger partial charge in [0, 0.05) is 6.42 Å². The molecule has 1 aromatic carbocycles. The van der Waals surface area contributed by atoms with Crippen LogP contribution in [0.1, 0.15) is 12.5 Å². The van der Waals surface area contributed by atoms with Crippen LogP contribution < -0.4 is 4.74 Å². The number of hydrogen-bond donors (Lipinski definition) is 1.